The van der Waals surface area contributed by atoms with Gasteiger partial charge in [0.25, 0.3) is 0 Å². The standard InChI is InChI=1S/C26H24N4O3/c1-29-12-13-30(26(29)31)20-8-4-17(5-9-20)25-21-14-18(6-10-22(21)27-16-28-25)19-7-11-23(32-2)24(15-19)33-3/h4-11,14-16H,12-13H2,1-3H3. The summed E-state index contributed by atoms with van der Waals surface area (Å²) in [6.07, 6.45) is 1.58. The maximum absolute atomic E-state index is 12.3. The van der Waals surface area contributed by atoms with E-state index in [1.54, 1.807) is 30.3 Å². The Hall–Kier alpha value is -4.13. The van der Waals surface area contributed by atoms with E-state index in [1.165, 1.54) is 0 Å². The van der Waals surface area contributed by atoms with Crippen LogP contribution in [0, 0.1) is 0 Å². The van der Waals surface area contributed by atoms with Gasteiger partial charge in [-0.05, 0) is 47.5 Å². The summed E-state index contributed by atoms with van der Waals surface area (Å²) >= 11 is 0. The molecule has 33 heavy (non-hydrogen) atoms. The first kappa shape index (κ1) is 20.8. The lowest BCUT2D eigenvalue weighted by Crippen LogP contribution is -2.29. The third kappa shape index (κ3) is 3.71. The van der Waals surface area contributed by atoms with Crippen LogP contribution in [-0.4, -0.2) is 55.3 Å². The monoisotopic (exact) mass is 440 g/mol. The van der Waals surface area contributed by atoms with Gasteiger partial charge in [0.1, 0.15) is 6.33 Å². The zero-order valence-electron chi connectivity index (χ0n) is 18.8. The van der Waals surface area contributed by atoms with Crippen LogP contribution < -0.4 is 14.4 Å². The first-order chi connectivity index (χ1) is 16.1. The quantitative estimate of drug-likeness (QED) is 0.444. The third-order valence-electron chi connectivity index (χ3n) is 6.02. The summed E-state index contributed by atoms with van der Waals surface area (Å²) in [6, 6.07) is 20.0. The van der Waals surface area contributed by atoms with Crippen molar-refractivity contribution < 1.29 is 14.3 Å². The normalized spacial score (nSPS) is 13.6. The molecule has 1 aliphatic heterocycles. The van der Waals surface area contributed by atoms with Gasteiger partial charge in [0, 0.05) is 36.8 Å². The topological polar surface area (TPSA) is 67.8 Å². The second-order valence-corrected chi connectivity index (χ2v) is 7.93. The number of carbonyl (C=O) groups excluding carboxylic acids is 1. The Balaban J connectivity index is 1.54. The largest absolute Gasteiger partial charge is 0.493 e. The van der Waals surface area contributed by atoms with Crippen LogP contribution in [0.3, 0.4) is 0 Å². The lowest BCUT2D eigenvalue weighted by atomic mass is 10.00. The molecule has 0 saturated carbocycles. The second-order valence-electron chi connectivity index (χ2n) is 7.93. The van der Waals surface area contributed by atoms with Gasteiger partial charge in [-0.25, -0.2) is 14.8 Å². The van der Waals surface area contributed by atoms with Crippen LogP contribution in [0.5, 0.6) is 11.5 Å². The Morgan fingerprint density at radius 3 is 2.18 bits per heavy atom. The maximum Gasteiger partial charge on any atom is 0.324 e. The van der Waals surface area contributed by atoms with Gasteiger partial charge in [0.15, 0.2) is 11.5 Å². The molecule has 0 N–H and O–H groups in total. The fraction of sp³-hybridized carbons (Fsp3) is 0.192. The number of aromatic nitrogens is 2. The summed E-state index contributed by atoms with van der Waals surface area (Å²) in [7, 11) is 5.07. The highest BCUT2D eigenvalue weighted by molar-refractivity contribution is 5.97. The highest BCUT2D eigenvalue weighted by Crippen LogP contribution is 2.35. The van der Waals surface area contributed by atoms with Gasteiger partial charge < -0.3 is 14.4 Å². The number of fused-ring (bicyclic) bond motifs is 1. The third-order valence-corrected chi connectivity index (χ3v) is 6.02. The van der Waals surface area contributed by atoms with Crippen molar-refractivity contribution >= 4 is 22.6 Å². The van der Waals surface area contributed by atoms with E-state index in [2.05, 4.69) is 16.0 Å². The molecular formula is C26H24N4O3. The molecule has 5 rings (SSSR count). The van der Waals surface area contributed by atoms with Gasteiger partial charge in [-0.15, -0.1) is 0 Å². The number of ether oxygens (including phenoxy) is 2. The number of urea groups is 1. The van der Waals surface area contributed by atoms with E-state index in [1.807, 2.05) is 61.6 Å². The molecule has 0 unspecified atom stereocenters. The van der Waals surface area contributed by atoms with Crippen molar-refractivity contribution in [3.05, 3.63) is 67.0 Å². The van der Waals surface area contributed by atoms with Crippen LogP contribution in [0.1, 0.15) is 0 Å². The molecule has 3 aromatic carbocycles. The molecule has 0 aliphatic carbocycles. The summed E-state index contributed by atoms with van der Waals surface area (Å²) < 4.78 is 10.8. The summed E-state index contributed by atoms with van der Waals surface area (Å²) in [4.78, 5) is 24.9. The number of rotatable bonds is 5. The zero-order valence-corrected chi connectivity index (χ0v) is 18.8. The molecule has 0 radical (unpaired) electrons. The van der Waals surface area contributed by atoms with Crippen molar-refractivity contribution in [1.82, 2.24) is 14.9 Å². The summed E-state index contributed by atoms with van der Waals surface area (Å²) in [5.41, 5.74) is 5.61. The molecule has 1 saturated heterocycles. The van der Waals surface area contributed by atoms with Crippen molar-refractivity contribution in [2.24, 2.45) is 0 Å². The highest BCUT2D eigenvalue weighted by Gasteiger charge is 2.26. The molecule has 2 amide bonds. The van der Waals surface area contributed by atoms with E-state index < -0.39 is 0 Å². The van der Waals surface area contributed by atoms with Crippen molar-refractivity contribution in [3.63, 3.8) is 0 Å². The van der Waals surface area contributed by atoms with Gasteiger partial charge in [-0.3, -0.25) is 4.90 Å². The number of likely N-dealkylation sites (N-methyl/N-ethyl adjacent to an activating group) is 1. The van der Waals surface area contributed by atoms with E-state index in [-0.39, 0.29) is 6.03 Å². The lowest BCUT2D eigenvalue weighted by molar-refractivity contribution is 0.229. The predicted molar refractivity (Wildman–Crippen MR) is 129 cm³/mol. The minimum atomic E-state index is 0.0230. The van der Waals surface area contributed by atoms with Gasteiger partial charge in [-0.1, -0.05) is 24.3 Å². The van der Waals surface area contributed by atoms with Crippen LogP contribution >= 0.6 is 0 Å². The Morgan fingerprint density at radius 2 is 1.48 bits per heavy atom. The number of nitrogens with zero attached hydrogens (tertiary/aromatic N) is 4. The first-order valence-electron chi connectivity index (χ1n) is 10.7. The highest BCUT2D eigenvalue weighted by atomic mass is 16.5. The van der Waals surface area contributed by atoms with E-state index in [0.717, 1.165) is 45.5 Å². The molecule has 0 bridgehead atoms. The van der Waals surface area contributed by atoms with E-state index >= 15 is 0 Å². The molecule has 166 valence electrons. The van der Waals surface area contributed by atoms with Crippen LogP contribution in [0.25, 0.3) is 33.3 Å². The van der Waals surface area contributed by atoms with Crippen molar-refractivity contribution in [1.29, 1.82) is 0 Å². The van der Waals surface area contributed by atoms with Crippen LogP contribution in [-0.2, 0) is 0 Å². The summed E-state index contributed by atoms with van der Waals surface area (Å²) in [5, 5.41) is 0.953. The molecule has 1 fully saturated rings. The number of amides is 2. The zero-order chi connectivity index (χ0) is 22.9. The molecular weight excluding hydrogens is 416 g/mol. The van der Waals surface area contributed by atoms with E-state index in [4.69, 9.17) is 9.47 Å². The van der Waals surface area contributed by atoms with Crippen LogP contribution in [0.4, 0.5) is 10.5 Å². The number of hydrogen-bond acceptors (Lipinski definition) is 5. The summed E-state index contributed by atoms with van der Waals surface area (Å²) in [6.45, 7) is 1.43. The van der Waals surface area contributed by atoms with Gasteiger partial charge >= 0.3 is 6.03 Å². The number of carbonyl (C=O) groups is 1. The minimum Gasteiger partial charge on any atom is -0.493 e. The molecule has 7 heteroatoms. The Kier molecular flexibility index (Phi) is 5.30. The van der Waals surface area contributed by atoms with Gasteiger partial charge in [0.2, 0.25) is 0 Å². The molecule has 7 nitrogen and oxygen atoms in total. The number of hydrogen-bond donors (Lipinski definition) is 0. The number of benzene rings is 3. The lowest BCUT2D eigenvalue weighted by Gasteiger charge is -2.16. The average molecular weight is 441 g/mol. The average Bonchev–Trinajstić information content (AvgIpc) is 3.21. The summed E-state index contributed by atoms with van der Waals surface area (Å²) in [5.74, 6) is 1.37. The minimum absolute atomic E-state index is 0.0230. The smallest absolute Gasteiger partial charge is 0.324 e. The number of anilines is 1. The fourth-order valence-corrected chi connectivity index (χ4v) is 4.17. The van der Waals surface area contributed by atoms with Crippen molar-refractivity contribution in [2.45, 2.75) is 0 Å². The molecule has 1 aromatic heterocycles. The fourth-order valence-electron chi connectivity index (χ4n) is 4.17. The van der Waals surface area contributed by atoms with Gasteiger partial charge in [0.05, 0.1) is 25.4 Å². The molecule has 2 heterocycles. The molecule has 1 aliphatic rings. The number of methoxy groups -OCH3 is 2. The van der Waals surface area contributed by atoms with Crippen LogP contribution in [0.2, 0.25) is 0 Å². The van der Waals surface area contributed by atoms with E-state index in [9.17, 15) is 4.79 Å². The van der Waals surface area contributed by atoms with Crippen LogP contribution in [0.15, 0.2) is 67.0 Å². The van der Waals surface area contributed by atoms with Gasteiger partial charge in [-0.2, -0.15) is 0 Å². The first-order valence-corrected chi connectivity index (χ1v) is 10.7. The second kappa shape index (κ2) is 8.43. The Labute approximate surface area is 192 Å². The maximum atomic E-state index is 12.3. The molecule has 0 atom stereocenters. The molecule has 0 spiro atoms. The SMILES string of the molecule is COc1ccc(-c2ccc3ncnc(-c4ccc(N5CCN(C)C5=O)cc4)c3c2)cc1OC. The Morgan fingerprint density at radius 1 is 0.788 bits per heavy atom. The predicted octanol–water partition coefficient (Wildman–Crippen LogP) is 4.85. The van der Waals surface area contributed by atoms with Crippen molar-refractivity contribution in [3.8, 4) is 33.9 Å². The van der Waals surface area contributed by atoms with Crippen molar-refractivity contribution in [2.75, 3.05) is 39.3 Å². The molecule has 4 aromatic rings. The van der Waals surface area contributed by atoms with E-state index in [0.29, 0.717) is 18.0 Å². The Bertz CT molecular complexity index is 1340.